The molecule has 1 aliphatic rings. The minimum absolute atomic E-state index is 0.00433. The lowest BCUT2D eigenvalue weighted by Gasteiger charge is -2.28. The number of benzene rings is 1. The second-order valence-corrected chi connectivity index (χ2v) is 8.30. The average molecular weight is 405 g/mol. The molecule has 0 bridgehead atoms. The molecule has 3 heterocycles. The molecule has 0 amide bonds. The van der Waals surface area contributed by atoms with Gasteiger partial charge in [0.1, 0.15) is 0 Å². The number of rotatable bonds is 4. The van der Waals surface area contributed by atoms with Gasteiger partial charge in [-0.25, -0.2) is 0 Å². The fourth-order valence-corrected chi connectivity index (χ4v) is 5.00. The summed E-state index contributed by atoms with van der Waals surface area (Å²) in [4.78, 5) is 6.93. The number of aryl methyl sites for hydroxylation is 3. The Morgan fingerprint density at radius 2 is 1.76 bits per heavy atom. The first-order valence-corrected chi connectivity index (χ1v) is 10.6. The van der Waals surface area contributed by atoms with Crippen LogP contribution in [0.2, 0.25) is 0 Å². The van der Waals surface area contributed by atoms with E-state index in [1.807, 2.05) is 18.3 Å². The van der Waals surface area contributed by atoms with E-state index in [1.165, 1.54) is 28.1 Å². The van der Waals surface area contributed by atoms with Crippen molar-refractivity contribution in [3.63, 3.8) is 0 Å². The van der Waals surface area contributed by atoms with Gasteiger partial charge in [-0.05, 0) is 93.9 Å². The van der Waals surface area contributed by atoms with Crippen molar-refractivity contribution in [2.24, 2.45) is 0 Å². The number of aromatic nitrogens is 2. The first kappa shape index (κ1) is 19.6. The molecule has 150 valence electrons. The third-order valence-corrected chi connectivity index (χ3v) is 6.14. The van der Waals surface area contributed by atoms with E-state index in [4.69, 9.17) is 12.2 Å². The molecule has 2 aromatic heterocycles. The van der Waals surface area contributed by atoms with Crippen molar-refractivity contribution in [1.82, 2.24) is 14.9 Å². The Labute approximate surface area is 178 Å². The van der Waals surface area contributed by atoms with Crippen LogP contribution in [-0.2, 0) is 6.54 Å². The van der Waals surface area contributed by atoms with Gasteiger partial charge >= 0.3 is 0 Å². The van der Waals surface area contributed by atoms with E-state index in [1.54, 1.807) is 0 Å². The van der Waals surface area contributed by atoms with Crippen molar-refractivity contribution in [3.8, 4) is 0 Å². The normalized spacial score (nSPS) is 18.9. The van der Waals surface area contributed by atoms with Gasteiger partial charge in [0, 0.05) is 29.8 Å². The number of nitrogens with one attached hydrogen (secondary N) is 1. The summed E-state index contributed by atoms with van der Waals surface area (Å²) < 4.78 is 2.37. The van der Waals surface area contributed by atoms with Crippen molar-refractivity contribution in [3.05, 3.63) is 82.4 Å². The molecule has 0 saturated carbocycles. The minimum atomic E-state index is -0.00433. The zero-order valence-corrected chi connectivity index (χ0v) is 18.5. The van der Waals surface area contributed by atoms with Crippen LogP contribution in [0.5, 0.6) is 0 Å². The molecule has 0 unspecified atom stereocenters. The maximum absolute atomic E-state index is 5.85. The summed E-state index contributed by atoms with van der Waals surface area (Å²) in [5, 5.41) is 4.31. The molecule has 1 saturated heterocycles. The fourth-order valence-electron chi connectivity index (χ4n) is 4.65. The number of nitrogens with zero attached hydrogens (tertiary/aromatic N) is 3. The van der Waals surface area contributed by atoms with E-state index in [9.17, 15) is 0 Å². The lowest BCUT2D eigenvalue weighted by molar-refractivity contribution is 0.563. The number of hydrogen-bond acceptors (Lipinski definition) is 2. The molecule has 1 aromatic carbocycles. The Bertz CT molecular complexity index is 1030. The second-order valence-electron chi connectivity index (χ2n) is 7.91. The smallest absolute Gasteiger partial charge is 0.174 e. The van der Waals surface area contributed by atoms with E-state index >= 15 is 0 Å². The van der Waals surface area contributed by atoms with Gasteiger partial charge < -0.3 is 14.8 Å². The third kappa shape index (κ3) is 3.44. The molecule has 29 heavy (non-hydrogen) atoms. The van der Waals surface area contributed by atoms with Crippen LogP contribution in [0, 0.1) is 27.7 Å². The summed E-state index contributed by atoms with van der Waals surface area (Å²) in [7, 11) is 0. The SMILES string of the molecule is CCn1c(C)cc([C@@H]2[C@@H](c3ccccn3)NC(=S)N2c2cc(C)cc(C)c2)c1C. The van der Waals surface area contributed by atoms with Gasteiger partial charge in [-0.15, -0.1) is 0 Å². The van der Waals surface area contributed by atoms with Crippen molar-refractivity contribution in [1.29, 1.82) is 0 Å². The van der Waals surface area contributed by atoms with Crippen LogP contribution in [0.4, 0.5) is 5.69 Å². The molecule has 0 radical (unpaired) electrons. The molecule has 4 rings (SSSR count). The van der Waals surface area contributed by atoms with E-state index < -0.39 is 0 Å². The summed E-state index contributed by atoms with van der Waals surface area (Å²) >= 11 is 5.85. The lowest BCUT2D eigenvalue weighted by Crippen LogP contribution is -2.29. The highest BCUT2D eigenvalue weighted by Crippen LogP contribution is 2.43. The van der Waals surface area contributed by atoms with Gasteiger partial charge in [0.15, 0.2) is 5.11 Å². The maximum atomic E-state index is 5.85. The second kappa shape index (κ2) is 7.64. The molecule has 0 spiro atoms. The van der Waals surface area contributed by atoms with E-state index in [2.05, 4.69) is 84.7 Å². The summed E-state index contributed by atoms with van der Waals surface area (Å²) in [6.07, 6.45) is 1.85. The molecule has 0 aliphatic carbocycles. The molecule has 4 nitrogen and oxygen atoms in total. The van der Waals surface area contributed by atoms with E-state index in [-0.39, 0.29) is 12.1 Å². The molecule has 3 aromatic rings. The molecular formula is C24H28N4S. The largest absolute Gasteiger partial charge is 0.351 e. The Kier molecular flexibility index (Phi) is 5.17. The average Bonchev–Trinajstić information content (AvgIpc) is 3.17. The quantitative estimate of drug-likeness (QED) is 0.597. The Hall–Kier alpha value is -2.66. The Morgan fingerprint density at radius 3 is 2.34 bits per heavy atom. The van der Waals surface area contributed by atoms with Crippen molar-refractivity contribution < 1.29 is 0 Å². The fraction of sp³-hybridized carbons (Fsp3) is 0.333. The van der Waals surface area contributed by atoms with Gasteiger partial charge in [0.25, 0.3) is 0 Å². The van der Waals surface area contributed by atoms with Crippen LogP contribution >= 0.6 is 12.2 Å². The van der Waals surface area contributed by atoms with Crippen molar-refractivity contribution in [2.75, 3.05) is 4.90 Å². The highest BCUT2D eigenvalue weighted by Gasteiger charge is 2.42. The van der Waals surface area contributed by atoms with Crippen molar-refractivity contribution >= 4 is 23.0 Å². The predicted molar refractivity (Wildman–Crippen MR) is 123 cm³/mol. The van der Waals surface area contributed by atoms with Gasteiger partial charge in [0.05, 0.1) is 17.8 Å². The van der Waals surface area contributed by atoms with Crippen LogP contribution in [0.1, 0.15) is 52.8 Å². The first-order chi connectivity index (χ1) is 13.9. The van der Waals surface area contributed by atoms with Crippen LogP contribution in [-0.4, -0.2) is 14.7 Å². The molecule has 2 atom stereocenters. The zero-order valence-electron chi connectivity index (χ0n) is 17.7. The van der Waals surface area contributed by atoms with Gasteiger partial charge in [0.2, 0.25) is 0 Å². The molecule has 5 heteroatoms. The van der Waals surface area contributed by atoms with Gasteiger partial charge in [-0.2, -0.15) is 0 Å². The van der Waals surface area contributed by atoms with E-state index in [0.717, 1.165) is 23.0 Å². The molecule has 1 aliphatic heterocycles. The topological polar surface area (TPSA) is 33.1 Å². The summed E-state index contributed by atoms with van der Waals surface area (Å²) in [6, 6.07) is 15.1. The van der Waals surface area contributed by atoms with Crippen LogP contribution in [0.3, 0.4) is 0 Å². The first-order valence-electron chi connectivity index (χ1n) is 10.2. The van der Waals surface area contributed by atoms with Crippen LogP contribution < -0.4 is 10.2 Å². The van der Waals surface area contributed by atoms with Crippen LogP contribution in [0.15, 0.2) is 48.7 Å². The number of anilines is 1. The van der Waals surface area contributed by atoms with Crippen molar-refractivity contribution in [2.45, 2.75) is 53.2 Å². The number of pyridine rings is 1. The standard InChI is InChI=1S/C24H28N4S/c1-6-27-17(4)14-20(18(27)5)23-22(21-9-7-8-10-25-21)26-24(29)28(23)19-12-15(2)11-16(3)13-19/h7-14,22-23H,6H2,1-5H3,(H,26,29)/t22-,23-/m1/s1. The predicted octanol–water partition coefficient (Wildman–Crippen LogP) is 5.31. The van der Waals surface area contributed by atoms with E-state index in [0.29, 0.717) is 0 Å². The minimum Gasteiger partial charge on any atom is -0.351 e. The monoisotopic (exact) mass is 404 g/mol. The number of thiocarbonyl (C=S) groups is 1. The Balaban J connectivity index is 1.91. The summed E-state index contributed by atoms with van der Waals surface area (Å²) in [5.74, 6) is 0. The number of hydrogen-bond donors (Lipinski definition) is 1. The maximum Gasteiger partial charge on any atom is 0.174 e. The van der Waals surface area contributed by atoms with Crippen LogP contribution in [0.25, 0.3) is 0 Å². The Morgan fingerprint density at radius 1 is 1.03 bits per heavy atom. The summed E-state index contributed by atoms with van der Waals surface area (Å²) in [6.45, 7) is 11.8. The highest BCUT2D eigenvalue weighted by molar-refractivity contribution is 7.80. The third-order valence-electron chi connectivity index (χ3n) is 5.83. The van der Waals surface area contributed by atoms with Gasteiger partial charge in [-0.3, -0.25) is 4.98 Å². The van der Waals surface area contributed by atoms with Gasteiger partial charge in [-0.1, -0.05) is 12.1 Å². The molecule has 1 fully saturated rings. The highest BCUT2D eigenvalue weighted by atomic mass is 32.1. The summed E-state index contributed by atoms with van der Waals surface area (Å²) in [5.41, 5.74) is 8.47. The lowest BCUT2D eigenvalue weighted by atomic mass is 9.96. The zero-order chi connectivity index (χ0) is 20.7. The molecular weight excluding hydrogens is 376 g/mol. The molecule has 1 N–H and O–H groups in total.